The van der Waals surface area contributed by atoms with E-state index in [0.29, 0.717) is 24.1 Å². The molecule has 22 heavy (non-hydrogen) atoms. The van der Waals surface area contributed by atoms with Gasteiger partial charge in [0.25, 0.3) is 0 Å². The predicted molar refractivity (Wildman–Crippen MR) is 84.3 cm³/mol. The molecule has 1 aliphatic rings. The van der Waals surface area contributed by atoms with Crippen LogP contribution in [0.2, 0.25) is 5.15 Å². The van der Waals surface area contributed by atoms with Gasteiger partial charge in [-0.3, -0.25) is 4.68 Å². The summed E-state index contributed by atoms with van der Waals surface area (Å²) in [6.07, 6.45) is 1.88. The predicted octanol–water partition coefficient (Wildman–Crippen LogP) is 2.72. The van der Waals surface area contributed by atoms with Gasteiger partial charge in [0, 0.05) is 38.5 Å². The second kappa shape index (κ2) is 5.30. The smallest absolute Gasteiger partial charge is 0.176 e. The second-order valence-electron chi connectivity index (χ2n) is 5.26. The van der Waals surface area contributed by atoms with Crippen molar-refractivity contribution in [1.82, 2.24) is 14.8 Å². The zero-order valence-electron chi connectivity index (χ0n) is 12.1. The SMILES string of the molecule is Cn1ccc(-c2cc3nc(Cl)cc(N4CCOCC4)c3o2)n1. The molecule has 7 heteroatoms. The molecule has 0 unspecified atom stereocenters. The minimum atomic E-state index is 0.461. The number of aromatic nitrogens is 3. The lowest BCUT2D eigenvalue weighted by molar-refractivity contribution is 0.122. The molecule has 0 aliphatic carbocycles. The van der Waals surface area contributed by atoms with Crippen LogP contribution in [0.25, 0.3) is 22.6 Å². The summed E-state index contributed by atoms with van der Waals surface area (Å²) < 4.78 is 13.2. The molecule has 4 heterocycles. The fourth-order valence-electron chi connectivity index (χ4n) is 2.69. The van der Waals surface area contributed by atoms with E-state index < -0.39 is 0 Å². The summed E-state index contributed by atoms with van der Waals surface area (Å²) in [6, 6.07) is 5.64. The Labute approximate surface area is 132 Å². The Morgan fingerprint density at radius 3 is 2.77 bits per heavy atom. The van der Waals surface area contributed by atoms with E-state index in [9.17, 15) is 0 Å². The molecule has 1 aliphatic heterocycles. The molecule has 0 N–H and O–H groups in total. The third-order valence-corrected chi connectivity index (χ3v) is 3.94. The van der Waals surface area contributed by atoms with Gasteiger partial charge < -0.3 is 14.1 Å². The molecule has 0 saturated carbocycles. The van der Waals surface area contributed by atoms with Crippen LogP contribution in [0, 0.1) is 0 Å². The van der Waals surface area contributed by atoms with Gasteiger partial charge in [-0.25, -0.2) is 4.98 Å². The van der Waals surface area contributed by atoms with E-state index in [0.717, 1.165) is 35.6 Å². The van der Waals surface area contributed by atoms with Crippen molar-refractivity contribution in [2.45, 2.75) is 0 Å². The van der Waals surface area contributed by atoms with E-state index in [4.69, 9.17) is 20.8 Å². The monoisotopic (exact) mass is 318 g/mol. The molecule has 3 aromatic heterocycles. The topological polar surface area (TPSA) is 56.3 Å². The number of fused-ring (bicyclic) bond motifs is 1. The van der Waals surface area contributed by atoms with Gasteiger partial charge in [0.2, 0.25) is 0 Å². The first-order chi connectivity index (χ1) is 10.7. The van der Waals surface area contributed by atoms with E-state index in [1.165, 1.54) is 0 Å². The van der Waals surface area contributed by atoms with Crippen LogP contribution in [0.4, 0.5) is 5.69 Å². The van der Waals surface area contributed by atoms with Crippen molar-refractivity contribution in [2.24, 2.45) is 7.05 Å². The molecule has 6 nitrogen and oxygen atoms in total. The first-order valence-corrected chi connectivity index (χ1v) is 7.51. The van der Waals surface area contributed by atoms with Crippen molar-refractivity contribution >= 4 is 28.4 Å². The van der Waals surface area contributed by atoms with Crippen molar-refractivity contribution in [3.63, 3.8) is 0 Å². The minimum absolute atomic E-state index is 0.461. The Kier molecular flexibility index (Phi) is 3.28. The number of aryl methyl sites for hydroxylation is 1. The van der Waals surface area contributed by atoms with E-state index in [1.807, 2.05) is 31.4 Å². The molecular weight excluding hydrogens is 304 g/mol. The number of nitrogens with zero attached hydrogens (tertiary/aromatic N) is 4. The van der Waals surface area contributed by atoms with Crippen molar-refractivity contribution in [1.29, 1.82) is 0 Å². The van der Waals surface area contributed by atoms with Crippen LogP contribution in [-0.4, -0.2) is 41.1 Å². The van der Waals surface area contributed by atoms with Gasteiger partial charge >= 0.3 is 0 Å². The fourth-order valence-corrected chi connectivity index (χ4v) is 2.88. The maximum atomic E-state index is 6.17. The van der Waals surface area contributed by atoms with E-state index >= 15 is 0 Å². The average molecular weight is 319 g/mol. The van der Waals surface area contributed by atoms with Crippen molar-refractivity contribution < 1.29 is 9.15 Å². The minimum Gasteiger partial charge on any atom is -0.450 e. The second-order valence-corrected chi connectivity index (χ2v) is 5.65. The van der Waals surface area contributed by atoms with Crippen molar-refractivity contribution in [2.75, 3.05) is 31.2 Å². The normalized spacial score (nSPS) is 15.6. The van der Waals surface area contributed by atoms with E-state index in [2.05, 4.69) is 15.0 Å². The first kappa shape index (κ1) is 13.6. The average Bonchev–Trinajstić information content (AvgIpc) is 3.13. The highest BCUT2D eigenvalue weighted by Crippen LogP contribution is 2.34. The molecule has 1 saturated heterocycles. The molecule has 0 radical (unpaired) electrons. The quantitative estimate of drug-likeness (QED) is 0.680. The van der Waals surface area contributed by atoms with Crippen molar-refractivity contribution in [3.8, 4) is 11.5 Å². The third-order valence-electron chi connectivity index (χ3n) is 3.75. The summed E-state index contributed by atoms with van der Waals surface area (Å²) in [5, 5.41) is 4.83. The summed E-state index contributed by atoms with van der Waals surface area (Å²) >= 11 is 6.17. The molecule has 114 valence electrons. The van der Waals surface area contributed by atoms with Gasteiger partial charge in [-0.05, 0) is 6.07 Å². The highest BCUT2D eigenvalue weighted by atomic mass is 35.5. The molecule has 0 atom stereocenters. The van der Waals surface area contributed by atoms with Crippen LogP contribution in [0.15, 0.2) is 28.8 Å². The number of halogens is 1. The molecule has 1 fully saturated rings. The summed E-state index contributed by atoms with van der Waals surface area (Å²) in [5.41, 5.74) is 3.23. The number of anilines is 1. The summed E-state index contributed by atoms with van der Waals surface area (Å²) in [7, 11) is 1.88. The number of hydrogen-bond acceptors (Lipinski definition) is 5. The summed E-state index contributed by atoms with van der Waals surface area (Å²) in [5.74, 6) is 0.694. The first-order valence-electron chi connectivity index (χ1n) is 7.13. The summed E-state index contributed by atoms with van der Waals surface area (Å²) in [6.45, 7) is 3.04. The van der Waals surface area contributed by atoms with Gasteiger partial charge in [-0.2, -0.15) is 5.10 Å². The van der Waals surface area contributed by atoms with Crippen LogP contribution in [0.1, 0.15) is 0 Å². The van der Waals surface area contributed by atoms with Crippen LogP contribution in [-0.2, 0) is 11.8 Å². The molecular formula is C15H15ClN4O2. The molecule has 0 spiro atoms. The molecule has 0 amide bonds. The van der Waals surface area contributed by atoms with Gasteiger partial charge in [0.15, 0.2) is 11.3 Å². The number of ether oxygens (including phenoxy) is 1. The Bertz CT molecular complexity index is 820. The Hall–Kier alpha value is -2.05. The van der Waals surface area contributed by atoms with E-state index in [-0.39, 0.29) is 0 Å². The van der Waals surface area contributed by atoms with Crippen LogP contribution in [0.3, 0.4) is 0 Å². The number of morpholine rings is 1. The number of hydrogen-bond donors (Lipinski definition) is 0. The van der Waals surface area contributed by atoms with E-state index in [1.54, 1.807) is 4.68 Å². The largest absolute Gasteiger partial charge is 0.450 e. The lowest BCUT2D eigenvalue weighted by Crippen LogP contribution is -2.36. The standard InChI is InChI=1S/C15H15ClN4O2/c1-19-3-2-10(18-19)13-8-11-15(22-13)12(9-14(16)17-11)20-4-6-21-7-5-20/h2-3,8-9H,4-7H2,1H3. The number of rotatable bonds is 2. The maximum absolute atomic E-state index is 6.17. The van der Waals surface area contributed by atoms with Gasteiger partial charge in [-0.1, -0.05) is 11.6 Å². The fraction of sp³-hybridized carbons (Fsp3) is 0.333. The van der Waals surface area contributed by atoms with Crippen LogP contribution in [0.5, 0.6) is 0 Å². The van der Waals surface area contributed by atoms with Crippen molar-refractivity contribution in [3.05, 3.63) is 29.5 Å². The zero-order chi connectivity index (χ0) is 15.1. The van der Waals surface area contributed by atoms with Gasteiger partial charge in [-0.15, -0.1) is 0 Å². The summed E-state index contributed by atoms with van der Waals surface area (Å²) in [4.78, 5) is 6.58. The Morgan fingerprint density at radius 1 is 1.23 bits per heavy atom. The van der Waals surface area contributed by atoms with Gasteiger partial charge in [0.05, 0.1) is 18.9 Å². The lowest BCUT2D eigenvalue weighted by atomic mass is 10.2. The highest BCUT2D eigenvalue weighted by molar-refractivity contribution is 6.30. The molecule has 3 aromatic rings. The van der Waals surface area contributed by atoms with Crippen LogP contribution >= 0.6 is 11.6 Å². The number of pyridine rings is 1. The Balaban J connectivity index is 1.84. The van der Waals surface area contributed by atoms with Crippen LogP contribution < -0.4 is 4.90 Å². The molecule has 4 rings (SSSR count). The number of furan rings is 1. The van der Waals surface area contributed by atoms with Gasteiger partial charge in [0.1, 0.15) is 16.4 Å². The lowest BCUT2D eigenvalue weighted by Gasteiger charge is -2.28. The maximum Gasteiger partial charge on any atom is 0.176 e. The Morgan fingerprint density at radius 2 is 2.05 bits per heavy atom. The highest BCUT2D eigenvalue weighted by Gasteiger charge is 2.20. The third kappa shape index (κ3) is 2.34. The molecule has 0 bridgehead atoms. The molecule has 0 aromatic carbocycles. The zero-order valence-corrected chi connectivity index (χ0v) is 12.9.